The Morgan fingerprint density at radius 3 is 2.45 bits per heavy atom. The van der Waals surface area contributed by atoms with Crippen molar-refractivity contribution in [2.24, 2.45) is 5.10 Å². The van der Waals surface area contributed by atoms with Gasteiger partial charge in [-0.25, -0.2) is 5.43 Å². The van der Waals surface area contributed by atoms with Crippen molar-refractivity contribution in [1.82, 2.24) is 10.7 Å². The summed E-state index contributed by atoms with van der Waals surface area (Å²) in [4.78, 5) is 23.6. The molecule has 6 nitrogen and oxygen atoms in total. The van der Waals surface area contributed by atoms with E-state index in [2.05, 4.69) is 15.8 Å². The van der Waals surface area contributed by atoms with Crippen molar-refractivity contribution >= 4 is 17.5 Å². The summed E-state index contributed by atoms with van der Waals surface area (Å²) in [5, 5.41) is 6.79. The average Bonchev–Trinajstić information content (AvgIpc) is 2.52. The van der Waals surface area contributed by atoms with E-state index in [9.17, 15) is 9.59 Å². The van der Waals surface area contributed by atoms with Crippen LogP contribution in [0.3, 0.4) is 0 Å². The lowest BCUT2D eigenvalue weighted by atomic mass is 10.2. The second-order valence-corrected chi connectivity index (χ2v) is 5.07. The fourth-order valence-corrected chi connectivity index (χ4v) is 1.65. The molecular formula is C16H23N3O3. The van der Waals surface area contributed by atoms with E-state index in [4.69, 9.17) is 4.74 Å². The molecule has 1 rings (SSSR count). The van der Waals surface area contributed by atoms with Crippen LogP contribution in [0.15, 0.2) is 29.4 Å². The summed E-state index contributed by atoms with van der Waals surface area (Å²) in [7, 11) is 1.56. The molecule has 0 fully saturated rings. The number of amides is 2. The van der Waals surface area contributed by atoms with Gasteiger partial charge in [0.15, 0.2) is 0 Å². The molecular weight excluding hydrogens is 282 g/mol. The molecule has 22 heavy (non-hydrogen) atoms. The number of carbonyl (C=O) groups is 2. The molecule has 0 spiro atoms. The van der Waals surface area contributed by atoms with E-state index < -0.39 is 0 Å². The Hall–Kier alpha value is -2.37. The number of ether oxygens (including phenoxy) is 1. The van der Waals surface area contributed by atoms with Crippen molar-refractivity contribution < 1.29 is 14.3 Å². The van der Waals surface area contributed by atoms with Crippen LogP contribution < -0.4 is 15.5 Å². The zero-order valence-electron chi connectivity index (χ0n) is 13.5. The highest BCUT2D eigenvalue weighted by atomic mass is 16.5. The van der Waals surface area contributed by atoms with Crippen LogP contribution in [-0.4, -0.2) is 30.7 Å². The molecule has 1 aromatic carbocycles. The van der Waals surface area contributed by atoms with Crippen LogP contribution in [0.2, 0.25) is 0 Å². The third-order valence-electron chi connectivity index (χ3n) is 3.14. The van der Waals surface area contributed by atoms with Gasteiger partial charge in [-0.1, -0.05) is 6.92 Å². The van der Waals surface area contributed by atoms with Crippen molar-refractivity contribution in [3.8, 4) is 5.75 Å². The minimum Gasteiger partial charge on any atom is -0.497 e. The smallest absolute Gasteiger partial charge is 0.271 e. The van der Waals surface area contributed by atoms with Crippen LogP contribution in [0.1, 0.15) is 44.0 Å². The number of hydrogen-bond acceptors (Lipinski definition) is 4. The minimum atomic E-state index is -0.329. The third kappa shape index (κ3) is 5.95. The Balaban J connectivity index is 2.51. The monoisotopic (exact) mass is 305 g/mol. The van der Waals surface area contributed by atoms with Gasteiger partial charge in [0.2, 0.25) is 5.91 Å². The number of hydrazone groups is 1. The molecule has 0 aliphatic rings. The number of nitrogens with one attached hydrogen (secondary N) is 2. The molecule has 0 radical (unpaired) electrons. The summed E-state index contributed by atoms with van der Waals surface area (Å²) in [6.07, 6.45) is 1.03. The van der Waals surface area contributed by atoms with Crippen LogP contribution in [-0.2, 0) is 4.79 Å². The Labute approximate surface area is 130 Å². The second kappa shape index (κ2) is 8.81. The van der Waals surface area contributed by atoms with Gasteiger partial charge in [0.1, 0.15) is 5.75 Å². The van der Waals surface area contributed by atoms with E-state index in [1.54, 1.807) is 38.3 Å². The molecule has 1 unspecified atom stereocenters. The van der Waals surface area contributed by atoms with Gasteiger partial charge in [0, 0.05) is 17.3 Å². The van der Waals surface area contributed by atoms with Gasteiger partial charge < -0.3 is 10.1 Å². The van der Waals surface area contributed by atoms with Crippen LogP contribution in [0.25, 0.3) is 0 Å². The van der Waals surface area contributed by atoms with Gasteiger partial charge >= 0.3 is 0 Å². The van der Waals surface area contributed by atoms with Gasteiger partial charge in [-0.3, -0.25) is 9.59 Å². The molecule has 0 aliphatic carbocycles. The first kappa shape index (κ1) is 17.7. The highest BCUT2D eigenvalue weighted by molar-refractivity contribution is 6.01. The van der Waals surface area contributed by atoms with E-state index in [0.29, 0.717) is 17.0 Å². The molecule has 0 saturated carbocycles. The Kier molecular flexibility index (Phi) is 7.08. The van der Waals surface area contributed by atoms with Crippen molar-refractivity contribution in [3.63, 3.8) is 0 Å². The van der Waals surface area contributed by atoms with E-state index >= 15 is 0 Å². The van der Waals surface area contributed by atoms with E-state index in [-0.39, 0.29) is 24.3 Å². The number of methoxy groups -OCH3 is 1. The zero-order chi connectivity index (χ0) is 16.5. The fourth-order valence-electron chi connectivity index (χ4n) is 1.65. The molecule has 120 valence electrons. The van der Waals surface area contributed by atoms with E-state index in [1.807, 2.05) is 13.8 Å². The maximum absolute atomic E-state index is 11.9. The maximum atomic E-state index is 11.9. The maximum Gasteiger partial charge on any atom is 0.271 e. The molecule has 0 saturated heterocycles. The normalized spacial score (nSPS) is 12.5. The van der Waals surface area contributed by atoms with Crippen LogP contribution >= 0.6 is 0 Å². The van der Waals surface area contributed by atoms with Crippen molar-refractivity contribution in [1.29, 1.82) is 0 Å². The molecule has 6 heteroatoms. The molecule has 2 N–H and O–H groups in total. The van der Waals surface area contributed by atoms with Crippen LogP contribution in [0, 0.1) is 0 Å². The average molecular weight is 305 g/mol. The number of benzene rings is 1. The number of hydrogen-bond donors (Lipinski definition) is 2. The highest BCUT2D eigenvalue weighted by Crippen LogP contribution is 2.10. The van der Waals surface area contributed by atoms with Crippen molar-refractivity contribution in [3.05, 3.63) is 29.8 Å². The van der Waals surface area contributed by atoms with E-state index in [1.165, 1.54) is 0 Å². The standard InChI is InChI=1S/C16H23N3O3/c1-5-11(2)17-15(20)10-12(3)18-19-16(21)13-6-8-14(22-4)9-7-13/h6-9,11H,5,10H2,1-4H3,(H,17,20)(H,19,21)/b18-12+. The molecule has 1 aromatic rings. The molecule has 0 heterocycles. The lowest BCUT2D eigenvalue weighted by Gasteiger charge is -2.11. The predicted molar refractivity (Wildman–Crippen MR) is 86.1 cm³/mol. The van der Waals surface area contributed by atoms with Crippen molar-refractivity contribution in [2.45, 2.75) is 39.7 Å². The molecule has 0 aromatic heterocycles. The summed E-state index contributed by atoms with van der Waals surface area (Å²) < 4.78 is 5.03. The molecule has 0 bridgehead atoms. The van der Waals surface area contributed by atoms with Crippen LogP contribution in [0.5, 0.6) is 5.75 Å². The Morgan fingerprint density at radius 2 is 1.91 bits per heavy atom. The van der Waals surface area contributed by atoms with Gasteiger partial charge in [0.05, 0.1) is 13.5 Å². The van der Waals surface area contributed by atoms with Gasteiger partial charge in [-0.2, -0.15) is 5.10 Å². The second-order valence-electron chi connectivity index (χ2n) is 5.07. The summed E-state index contributed by atoms with van der Waals surface area (Å²) in [5.41, 5.74) is 3.45. The third-order valence-corrected chi connectivity index (χ3v) is 3.14. The topological polar surface area (TPSA) is 79.8 Å². The number of rotatable bonds is 7. The first-order valence-corrected chi connectivity index (χ1v) is 7.23. The minimum absolute atomic E-state index is 0.103. The lowest BCUT2D eigenvalue weighted by Crippen LogP contribution is -2.33. The SMILES string of the molecule is CCC(C)NC(=O)C/C(C)=N/NC(=O)c1ccc(OC)cc1. The zero-order valence-corrected chi connectivity index (χ0v) is 13.5. The summed E-state index contributed by atoms with van der Waals surface area (Å²) in [5.74, 6) is 0.247. The molecule has 0 aliphatic heterocycles. The molecule has 1 atom stereocenters. The van der Waals surface area contributed by atoms with Crippen LogP contribution in [0.4, 0.5) is 0 Å². The Bertz CT molecular complexity index is 538. The number of carbonyl (C=O) groups excluding carboxylic acids is 2. The molecule has 2 amide bonds. The largest absolute Gasteiger partial charge is 0.497 e. The predicted octanol–water partition coefficient (Wildman–Crippen LogP) is 2.11. The van der Waals surface area contributed by atoms with E-state index in [0.717, 1.165) is 6.42 Å². The summed E-state index contributed by atoms with van der Waals surface area (Å²) in [6.45, 7) is 5.64. The van der Waals surface area contributed by atoms with Gasteiger partial charge in [-0.15, -0.1) is 0 Å². The quantitative estimate of drug-likeness (QED) is 0.598. The summed E-state index contributed by atoms with van der Waals surface area (Å²) >= 11 is 0. The van der Waals surface area contributed by atoms with Gasteiger partial charge in [-0.05, 0) is 44.5 Å². The van der Waals surface area contributed by atoms with Gasteiger partial charge in [0.25, 0.3) is 5.91 Å². The first-order valence-electron chi connectivity index (χ1n) is 7.23. The van der Waals surface area contributed by atoms with Crippen molar-refractivity contribution in [2.75, 3.05) is 7.11 Å². The first-order chi connectivity index (χ1) is 10.5. The fraction of sp³-hybridized carbons (Fsp3) is 0.438. The number of nitrogens with zero attached hydrogens (tertiary/aromatic N) is 1. The summed E-state index contributed by atoms with van der Waals surface area (Å²) in [6, 6.07) is 6.83. The Morgan fingerprint density at radius 1 is 1.27 bits per heavy atom. The highest BCUT2D eigenvalue weighted by Gasteiger charge is 2.08. The lowest BCUT2D eigenvalue weighted by molar-refractivity contribution is -0.120.